The van der Waals surface area contributed by atoms with E-state index < -0.39 is 11.6 Å². The summed E-state index contributed by atoms with van der Waals surface area (Å²) in [5.74, 6) is -0.164. The molecule has 1 aromatic carbocycles. The van der Waals surface area contributed by atoms with E-state index in [1.165, 1.54) is 17.4 Å². The lowest BCUT2D eigenvalue weighted by Crippen LogP contribution is -2.12. The summed E-state index contributed by atoms with van der Waals surface area (Å²) in [5.41, 5.74) is 6.27. The van der Waals surface area contributed by atoms with Gasteiger partial charge in [-0.1, -0.05) is 0 Å². The van der Waals surface area contributed by atoms with Crippen molar-refractivity contribution >= 4 is 11.3 Å². The van der Waals surface area contributed by atoms with E-state index in [0.29, 0.717) is 0 Å². The lowest BCUT2D eigenvalue weighted by molar-refractivity contribution is 0.416. The van der Waals surface area contributed by atoms with Gasteiger partial charge in [0.25, 0.3) is 0 Å². The zero-order valence-corrected chi connectivity index (χ0v) is 10.6. The van der Waals surface area contributed by atoms with Gasteiger partial charge in [0.15, 0.2) is 0 Å². The third kappa shape index (κ3) is 2.86. The number of thiophene rings is 1. The molecule has 1 atom stereocenters. The smallest absolute Gasteiger partial charge is 0.129 e. The lowest BCUT2D eigenvalue weighted by Gasteiger charge is -2.10. The Kier molecular flexibility index (Phi) is 3.93. The molecule has 0 aliphatic carbocycles. The summed E-state index contributed by atoms with van der Waals surface area (Å²) in [4.78, 5) is 0.885. The Bertz CT molecular complexity index is 542. The average Bonchev–Trinajstić information content (AvgIpc) is 2.82. The third-order valence-corrected chi connectivity index (χ3v) is 3.69. The Morgan fingerprint density at radius 1 is 1.33 bits per heavy atom. The molecule has 0 radical (unpaired) electrons. The number of halogens is 2. The molecule has 2 rings (SSSR count). The summed E-state index contributed by atoms with van der Waals surface area (Å²) in [7, 11) is 1.57. The molecule has 0 saturated carbocycles. The van der Waals surface area contributed by atoms with Gasteiger partial charge in [0.2, 0.25) is 0 Å². The van der Waals surface area contributed by atoms with Crippen molar-refractivity contribution in [3.63, 3.8) is 0 Å². The predicted octanol–water partition coefficient (Wildman–Crippen LogP) is 3.28. The molecule has 1 unspecified atom stereocenters. The highest BCUT2D eigenvalue weighted by atomic mass is 32.1. The highest BCUT2D eigenvalue weighted by Gasteiger charge is 2.13. The quantitative estimate of drug-likeness (QED) is 0.924. The minimum absolute atomic E-state index is 0.257. The number of nitrogens with two attached hydrogens (primary N) is 1. The van der Waals surface area contributed by atoms with Crippen LogP contribution in [0, 0.1) is 11.6 Å². The SMILES string of the molecule is COc1csc(C(N)Cc2cc(F)ccc2F)c1. The molecule has 0 amide bonds. The molecular formula is C13H13F2NOS. The maximum atomic E-state index is 13.5. The van der Waals surface area contributed by atoms with Gasteiger partial charge < -0.3 is 10.5 Å². The fourth-order valence-electron chi connectivity index (χ4n) is 1.67. The molecule has 5 heteroatoms. The molecule has 2 aromatic rings. The number of methoxy groups -OCH3 is 1. The van der Waals surface area contributed by atoms with Crippen molar-refractivity contribution in [2.75, 3.05) is 7.11 Å². The predicted molar refractivity (Wildman–Crippen MR) is 67.9 cm³/mol. The van der Waals surface area contributed by atoms with Crippen molar-refractivity contribution in [3.8, 4) is 5.75 Å². The number of hydrogen-bond donors (Lipinski definition) is 1. The number of hydrogen-bond acceptors (Lipinski definition) is 3. The average molecular weight is 269 g/mol. The Morgan fingerprint density at radius 3 is 2.78 bits per heavy atom. The van der Waals surface area contributed by atoms with E-state index in [-0.39, 0.29) is 18.0 Å². The van der Waals surface area contributed by atoms with Gasteiger partial charge in [0.1, 0.15) is 17.4 Å². The van der Waals surface area contributed by atoms with E-state index in [9.17, 15) is 8.78 Å². The second-order valence-corrected chi connectivity index (χ2v) is 4.88. The van der Waals surface area contributed by atoms with Crippen LogP contribution in [0.2, 0.25) is 0 Å². The van der Waals surface area contributed by atoms with Crippen LogP contribution >= 0.6 is 11.3 Å². The molecule has 0 aliphatic rings. The second-order valence-electron chi connectivity index (χ2n) is 3.94. The molecule has 2 nitrogen and oxygen atoms in total. The summed E-state index contributed by atoms with van der Waals surface area (Å²) in [6.07, 6.45) is 0.257. The third-order valence-electron chi connectivity index (χ3n) is 2.64. The van der Waals surface area contributed by atoms with E-state index in [1.807, 2.05) is 11.4 Å². The summed E-state index contributed by atoms with van der Waals surface area (Å²) in [6, 6.07) is 4.84. The zero-order valence-electron chi connectivity index (χ0n) is 9.82. The van der Waals surface area contributed by atoms with E-state index in [2.05, 4.69) is 0 Å². The largest absolute Gasteiger partial charge is 0.496 e. The van der Waals surface area contributed by atoms with Gasteiger partial charge >= 0.3 is 0 Å². The molecular weight excluding hydrogens is 256 g/mol. The van der Waals surface area contributed by atoms with Gasteiger partial charge in [-0.2, -0.15) is 0 Å². The van der Waals surface area contributed by atoms with Crippen molar-refractivity contribution in [2.45, 2.75) is 12.5 Å². The van der Waals surface area contributed by atoms with Gasteiger partial charge in [-0.25, -0.2) is 8.78 Å². The van der Waals surface area contributed by atoms with E-state index in [0.717, 1.165) is 22.8 Å². The standard InChI is InChI=1S/C13H13F2NOS/c1-17-10-6-13(18-7-10)12(16)5-8-4-9(14)2-3-11(8)15/h2-4,6-7,12H,5,16H2,1H3. The first-order chi connectivity index (χ1) is 8.60. The highest BCUT2D eigenvalue weighted by molar-refractivity contribution is 7.10. The Hall–Kier alpha value is -1.46. The Balaban J connectivity index is 2.15. The molecule has 0 fully saturated rings. The van der Waals surface area contributed by atoms with Crippen molar-refractivity contribution < 1.29 is 13.5 Å². The zero-order chi connectivity index (χ0) is 13.1. The monoisotopic (exact) mass is 269 g/mol. The van der Waals surface area contributed by atoms with Crippen molar-refractivity contribution in [2.24, 2.45) is 5.73 Å². The molecule has 2 N–H and O–H groups in total. The second kappa shape index (κ2) is 5.46. The summed E-state index contributed by atoms with van der Waals surface area (Å²) < 4.78 is 31.6. The number of ether oxygens (including phenoxy) is 1. The normalized spacial score (nSPS) is 12.4. The van der Waals surface area contributed by atoms with Crippen LogP contribution in [0.5, 0.6) is 5.75 Å². The summed E-state index contributed by atoms with van der Waals surface area (Å²) in [6.45, 7) is 0. The first-order valence-electron chi connectivity index (χ1n) is 5.42. The maximum Gasteiger partial charge on any atom is 0.129 e. The van der Waals surface area contributed by atoms with Gasteiger partial charge in [-0.15, -0.1) is 11.3 Å². The highest BCUT2D eigenvalue weighted by Crippen LogP contribution is 2.28. The van der Waals surface area contributed by atoms with Crippen molar-refractivity contribution in [1.82, 2.24) is 0 Å². The first-order valence-corrected chi connectivity index (χ1v) is 6.30. The van der Waals surface area contributed by atoms with Crippen LogP contribution in [0.1, 0.15) is 16.5 Å². The number of benzene rings is 1. The summed E-state index contributed by atoms with van der Waals surface area (Å²) in [5, 5.41) is 1.83. The fraction of sp³-hybridized carbons (Fsp3) is 0.231. The Morgan fingerprint density at radius 2 is 2.11 bits per heavy atom. The van der Waals surface area contributed by atoms with Crippen LogP contribution in [0.3, 0.4) is 0 Å². The molecule has 1 heterocycles. The van der Waals surface area contributed by atoms with E-state index >= 15 is 0 Å². The van der Waals surface area contributed by atoms with Gasteiger partial charge in [0.05, 0.1) is 7.11 Å². The molecule has 0 aliphatic heterocycles. The van der Waals surface area contributed by atoms with Gasteiger partial charge in [0, 0.05) is 16.3 Å². The van der Waals surface area contributed by atoms with Crippen molar-refractivity contribution in [1.29, 1.82) is 0 Å². The fourth-order valence-corrected chi connectivity index (χ4v) is 2.53. The van der Waals surface area contributed by atoms with E-state index in [1.54, 1.807) is 7.11 Å². The molecule has 1 aromatic heterocycles. The van der Waals surface area contributed by atoms with Crippen LogP contribution in [0.4, 0.5) is 8.78 Å². The van der Waals surface area contributed by atoms with Gasteiger partial charge in [-0.3, -0.25) is 0 Å². The topological polar surface area (TPSA) is 35.2 Å². The Labute approximate surface area is 108 Å². The van der Waals surface area contributed by atoms with Crippen LogP contribution < -0.4 is 10.5 Å². The van der Waals surface area contributed by atoms with Crippen LogP contribution in [-0.4, -0.2) is 7.11 Å². The van der Waals surface area contributed by atoms with Gasteiger partial charge in [-0.05, 0) is 36.2 Å². The van der Waals surface area contributed by atoms with Crippen LogP contribution in [0.25, 0.3) is 0 Å². The van der Waals surface area contributed by atoms with Crippen LogP contribution in [-0.2, 0) is 6.42 Å². The summed E-state index contributed by atoms with van der Waals surface area (Å²) >= 11 is 1.45. The first kappa shape index (κ1) is 13.0. The van der Waals surface area contributed by atoms with Crippen LogP contribution in [0.15, 0.2) is 29.6 Å². The molecule has 18 heavy (non-hydrogen) atoms. The molecule has 0 bridgehead atoms. The van der Waals surface area contributed by atoms with E-state index in [4.69, 9.17) is 10.5 Å². The maximum absolute atomic E-state index is 13.5. The minimum atomic E-state index is -0.456. The molecule has 0 saturated heterocycles. The molecule has 96 valence electrons. The molecule has 0 spiro atoms. The lowest BCUT2D eigenvalue weighted by atomic mass is 10.0. The minimum Gasteiger partial charge on any atom is -0.496 e. The number of rotatable bonds is 4. The van der Waals surface area contributed by atoms with Crippen molar-refractivity contribution in [3.05, 3.63) is 51.7 Å².